The zero-order chi connectivity index (χ0) is 17.0. The summed E-state index contributed by atoms with van der Waals surface area (Å²) in [5.74, 6) is 0.530. The number of carbonyl (C=O) groups is 1. The summed E-state index contributed by atoms with van der Waals surface area (Å²) in [6.07, 6.45) is 3.78. The molecule has 0 aliphatic carbocycles. The van der Waals surface area contributed by atoms with Crippen LogP contribution in [0.1, 0.15) is 32.3 Å². The maximum absolute atomic E-state index is 11.9. The van der Waals surface area contributed by atoms with Crippen molar-refractivity contribution in [3.05, 3.63) is 23.8 Å². The van der Waals surface area contributed by atoms with Crippen molar-refractivity contribution < 1.29 is 13.2 Å². The third kappa shape index (κ3) is 4.86. The monoisotopic (exact) mass is 339 g/mol. The molecule has 1 aromatic carbocycles. The van der Waals surface area contributed by atoms with E-state index in [0.717, 1.165) is 24.8 Å². The maximum atomic E-state index is 11.9. The van der Waals surface area contributed by atoms with Crippen molar-refractivity contribution in [1.29, 1.82) is 0 Å². The zero-order valence-corrected chi connectivity index (χ0v) is 14.7. The average molecular weight is 339 g/mol. The van der Waals surface area contributed by atoms with E-state index < -0.39 is 10.0 Å². The van der Waals surface area contributed by atoms with Crippen LogP contribution in [0.3, 0.4) is 0 Å². The summed E-state index contributed by atoms with van der Waals surface area (Å²) in [4.78, 5) is 11.9. The van der Waals surface area contributed by atoms with Gasteiger partial charge in [0.2, 0.25) is 10.0 Å². The lowest BCUT2D eigenvalue weighted by atomic mass is 10.0. The molecule has 1 aliphatic rings. The number of carbonyl (C=O) groups excluding carboxylic acids is 1. The lowest BCUT2D eigenvalue weighted by Gasteiger charge is -2.29. The van der Waals surface area contributed by atoms with Crippen LogP contribution in [0.25, 0.3) is 0 Å². The number of aryl methyl sites for hydroxylation is 1. The molecule has 6 nitrogen and oxygen atoms in total. The van der Waals surface area contributed by atoms with Gasteiger partial charge in [0.15, 0.2) is 0 Å². The van der Waals surface area contributed by atoms with Gasteiger partial charge in [-0.3, -0.25) is 4.31 Å². The van der Waals surface area contributed by atoms with Gasteiger partial charge < -0.3 is 10.6 Å². The Morgan fingerprint density at radius 2 is 2.09 bits per heavy atom. The first kappa shape index (κ1) is 17.6. The summed E-state index contributed by atoms with van der Waals surface area (Å²) >= 11 is 0. The SMILES string of the molecule is CC(C)CCNC(=O)Nc1ccc2c(c1)N(S(C)(=O)=O)CCC2. The largest absolute Gasteiger partial charge is 0.338 e. The Hall–Kier alpha value is -1.76. The van der Waals surface area contributed by atoms with E-state index in [0.29, 0.717) is 30.4 Å². The van der Waals surface area contributed by atoms with E-state index in [1.54, 1.807) is 6.07 Å². The topological polar surface area (TPSA) is 78.5 Å². The molecule has 0 spiro atoms. The normalized spacial score (nSPS) is 14.5. The Balaban J connectivity index is 2.09. The van der Waals surface area contributed by atoms with Crippen molar-refractivity contribution in [3.8, 4) is 0 Å². The van der Waals surface area contributed by atoms with Crippen LogP contribution in [0, 0.1) is 5.92 Å². The lowest BCUT2D eigenvalue weighted by Crippen LogP contribution is -2.35. The smallest absolute Gasteiger partial charge is 0.319 e. The van der Waals surface area contributed by atoms with Crippen molar-refractivity contribution in [2.24, 2.45) is 5.92 Å². The van der Waals surface area contributed by atoms with E-state index in [1.165, 1.54) is 10.6 Å². The van der Waals surface area contributed by atoms with Gasteiger partial charge in [-0.1, -0.05) is 19.9 Å². The van der Waals surface area contributed by atoms with Crippen LogP contribution in [0.15, 0.2) is 18.2 Å². The number of benzene rings is 1. The quantitative estimate of drug-likeness (QED) is 0.865. The minimum atomic E-state index is -3.30. The molecular formula is C16H25N3O3S. The van der Waals surface area contributed by atoms with Crippen LogP contribution in [0.5, 0.6) is 0 Å². The van der Waals surface area contributed by atoms with Crippen molar-refractivity contribution in [2.45, 2.75) is 33.1 Å². The number of rotatable bonds is 5. The standard InChI is InChI=1S/C16H25N3O3S/c1-12(2)8-9-17-16(20)18-14-7-6-13-5-4-10-19(15(13)11-14)23(3,21)22/h6-7,11-12H,4-5,8-10H2,1-3H3,(H2,17,18,20). The molecule has 1 aromatic rings. The summed E-state index contributed by atoms with van der Waals surface area (Å²) in [5, 5.41) is 5.57. The molecule has 2 amide bonds. The van der Waals surface area contributed by atoms with E-state index in [1.807, 2.05) is 12.1 Å². The average Bonchev–Trinajstić information content (AvgIpc) is 2.45. The first-order chi connectivity index (χ1) is 10.8. The number of nitrogens with one attached hydrogen (secondary N) is 2. The number of anilines is 2. The van der Waals surface area contributed by atoms with Gasteiger partial charge in [-0.15, -0.1) is 0 Å². The zero-order valence-electron chi connectivity index (χ0n) is 13.9. The van der Waals surface area contributed by atoms with Crippen LogP contribution in [0.2, 0.25) is 0 Å². The van der Waals surface area contributed by atoms with Crippen molar-refractivity contribution in [3.63, 3.8) is 0 Å². The molecule has 1 heterocycles. The molecule has 0 fully saturated rings. The minimum absolute atomic E-state index is 0.271. The molecule has 0 bridgehead atoms. The highest BCUT2D eigenvalue weighted by molar-refractivity contribution is 7.92. The Morgan fingerprint density at radius 3 is 2.74 bits per heavy atom. The third-order valence-electron chi connectivity index (χ3n) is 3.83. The summed E-state index contributed by atoms with van der Waals surface area (Å²) in [6.45, 7) is 5.30. The van der Waals surface area contributed by atoms with Crippen LogP contribution < -0.4 is 14.9 Å². The second-order valence-electron chi connectivity index (χ2n) is 6.35. The predicted octanol–water partition coefficient (Wildman–Crippen LogP) is 2.57. The van der Waals surface area contributed by atoms with Gasteiger partial charge >= 0.3 is 6.03 Å². The Morgan fingerprint density at radius 1 is 1.35 bits per heavy atom. The minimum Gasteiger partial charge on any atom is -0.338 e. The number of hydrogen-bond acceptors (Lipinski definition) is 3. The number of nitrogens with zero attached hydrogens (tertiary/aromatic N) is 1. The van der Waals surface area contributed by atoms with E-state index in [4.69, 9.17) is 0 Å². The molecule has 0 unspecified atom stereocenters. The maximum Gasteiger partial charge on any atom is 0.319 e. The van der Waals surface area contributed by atoms with Gasteiger partial charge in [-0.25, -0.2) is 13.2 Å². The molecule has 23 heavy (non-hydrogen) atoms. The number of hydrogen-bond donors (Lipinski definition) is 2. The molecule has 2 rings (SSSR count). The predicted molar refractivity (Wildman–Crippen MR) is 93.4 cm³/mol. The van der Waals surface area contributed by atoms with Gasteiger partial charge in [0.25, 0.3) is 0 Å². The molecular weight excluding hydrogens is 314 g/mol. The fourth-order valence-electron chi connectivity index (χ4n) is 2.61. The molecule has 7 heteroatoms. The molecule has 128 valence electrons. The second kappa shape index (κ2) is 7.21. The number of sulfonamides is 1. The van der Waals surface area contributed by atoms with Gasteiger partial charge in [-0.2, -0.15) is 0 Å². The van der Waals surface area contributed by atoms with Gasteiger partial charge in [0.1, 0.15) is 0 Å². The van der Waals surface area contributed by atoms with Crippen LogP contribution >= 0.6 is 0 Å². The summed E-state index contributed by atoms with van der Waals surface area (Å²) in [5.41, 5.74) is 2.26. The van der Waals surface area contributed by atoms with Crippen molar-refractivity contribution >= 4 is 27.4 Å². The van der Waals surface area contributed by atoms with E-state index in [2.05, 4.69) is 24.5 Å². The van der Waals surface area contributed by atoms with Crippen LogP contribution in [-0.4, -0.2) is 33.8 Å². The first-order valence-electron chi connectivity index (χ1n) is 7.93. The summed E-state index contributed by atoms with van der Waals surface area (Å²) in [7, 11) is -3.30. The fraction of sp³-hybridized carbons (Fsp3) is 0.562. The number of urea groups is 1. The molecule has 2 N–H and O–H groups in total. The molecule has 1 aliphatic heterocycles. The highest BCUT2D eigenvalue weighted by Gasteiger charge is 2.24. The molecule has 0 saturated heterocycles. The summed E-state index contributed by atoms with van der Waals surface area (Å²) in [6, 6.07) is 5.16. The number of amides is 2. The fourth-order valence-corrected chi connectivity index (χ4v) is 3.60. The van der Waals surface area contributed by atoms with Crippen LogP contribution in [0.4, 0.5) is 16.2 Å². The third-order valence-corrected chi connectivity index (χ3v) is 5.01. The van der Waals surface area contributed by atoms with Gasteiger partial charge in [0.05, 0.1) is 11.9 Å². The van der Waals surface area contributed by atoms with E-state index >= 15 is 0 Å². The Kier molecular flexibility index (Phi) is 5.51. The van der Waals surface area contributed by atoms with E-state index in [-0.39, 0.29) is 6.03 Å². The Bertz CT molecular complexity index is 671. The highest BCUT2D eigenvalue weighted by atomic mass is 32.2. The van der Waals surface area contributed by atoms with Gasteiger partial charge in [0, 0.05) is 18.8 Å². The lowest BCUT2D eigenvalue weighted by molar-refractivity contribution is 0.251. The second-order valence-corrected chi connectivity index (χ2v) is 8.25. The van der Waals surface area contributed by atoms with Crippen molar-refractivity contribution in [1.82, 2.24) is 5.32 Å². The highest BCUT2D eigenvalue weighted by Crippen LogP contribution is 2.31. The molecule has 0 atom stereocenters. The number of fused-ring (bicyclic) bond motifs is 1. The van der Waals surface area contributed by atoms with Crippen molar-refractivity contribution in [2.75, 3.05) is 29.0 Å². The summed E-state index contributed by atoms with van der Waals surface area (Å²) < 4.78 is 25.2. The molecule has 0 saturated carbocycles. The Labute approximate surface area is 138 Å². The van der Waals surface area contributed by atoms with Gasteiger partial charge in [-0.05, 0) is 42.9 Å². The van der Waals surface area contributed by atoms with E-state index in [9.17, 15) is 13.2 Å². The molecule has 0 radical (unpaired) electrons. The first-order valence-corrected chi connectivity index (χ1v) is 9.77. The van der Waals surface area contributed by atoms with Crippen LogP contribution in [-0.2, 0) is 16.4 Å². The molecule has 0 aromatic heterocycles.